The van der Waals surface area contributed by atoms with Gasteiger partial charge in [0, 0.05) is 12.7 Å². The topological polar surface area (TPSA) is 27.7 Å². The first kappa shape index (κ1) is 18.0. The van der Waals surface area contributed by atoms with E-state index in [1.165, 1.54) is 0 Å². The molecule has 0 aliphatic rings. The highest BCUT2D eigenvalue weighted by Gasteiger charge is 2.46. The van der Waals surface area contributed by atoms with Gasteiger partial charge in [-0.25, -0.2) is 0 Å². The van der Waals surface area contributed by atoms with Crippen LogP contribution in [0.3, 0.4) is 0 Å². The smallest absolute Gasteiger partial charge is 0.412 e. The Kier molecular flexibility index (Phi) is 6.98. The quantitative estimate of drug-likeness (QED) is 0.605. The van der Waals surface area contributed by atoms with E-state index < -0.39 is 25.4 Å². The Morgan fingerprint density at radius 2 is 1.28 bits per heavy atom. The molecule has 0 aromatic rings. The van der Waals surface area contributed by atoms with Gasteiger partial charge in [0.15, 0.2) is 0 Å². The summed E-state index contributed by atoms with van der Waals surface area (Å²) in [4.78, 5) is 0. The van der Waals surface area contributed by atoms with E-state index in [0.717, 1.165) is 6.04 Å². The molecule has 0 amide bonds. The first-order chi connectivity index (χ1) is 8.16. The van der Waals surface area contributed by atoms with Crippen LogP contribution in [-0.4, -0.2) is 32.0 Å². The summed E-state index contributed by atoms with van der Waals surface area (Å²) in [5, 5.41) is 0. The minimum absolute atomic E-state index is 0.614. The van der Waals surface area contributed by atoms with Crippen LogP contribution >= 0.6 is 0 Å². The van der Waals surface area contributed by atoms with E-state index in [-0.39, 0.29) is 0 Å². The zero-order chi connectivity index (χ0) is 14.4. The van der Waals surface area contributed by atoms with Crippen molar-refractivity contribution < 1.29 is 12.7 Å². The molecule has 0 rings (SSSR count). The summed E-state index contributed by atoms with van der Waals surface area (Å²) in [6.07, 6.45) is 0. The molecular weight excluding hydrogens is 276 g/mol. The summed E-state index contributed by atoms with van der Waals surface area (Å²) in [6.45, 7) is 20.9. The van der Waals surface area contributed by atoms with Gasteiger partial charge in [0.2, 0.25) is 16.6 Å². The fourth-order valence-electron chi connectivity index (χ4n) is 1.43. The molecule has 106 valence electrons. The lowest BCUT2D eigenvalue weighted by atomic mass is 10.9. The number of rotatable bonds is 9. The molecule has 3 nitrogen and oxygen atoms in total. The maximum atomic E-state index is 6.30. The van der Waals surface area contributed by atoms with Gasteiger partial charge in [-0.1, -0.05) is 18.3 Å². The lowest BCUT2D eigenvalue weighted by molar-refractivity contribution is 0.172. The third kappa shape index (κ3) is 5.77. The standard InChI is InChI=1S/C12H28O3Si3/c1-9-13-18(12-4,14-16(5,6)10-2)15-17(7,8)11-3/h10-11H,2-3,9,12H2,1,4-8H3. The largest absolute Gasteiger partial charge is 0.480 e. The maximum Gasteiger partial charge on any atom is 0.480 e. The predicted octanol–water partition coefficient (Wildman–Crippen LogP) is 3.88. The van der Waals surface area contributed by atoms with Crippen molar-refractivity contribution >= 4 is 25.4 Å². The Balaban J connectivity index is 5.15. The SMILES string of the molecule is C=C[Si](C)(C)O[Si](CC)(OCC)O[Si](C)(C)C=C. The van der Waals surface area contributed by atoms with Crippen molar-refractivity contribution in [3.05, 3.63) is 24.6 Å². The molecule has 0 radical (unpaired) electrons. The Labute approximate surface area is 115 Å². The van der Waals surface area contributed by atoms with E-state index in [1.807, 2.05) is 18.3 Å². The van der Waals surface area contributed by atoms with Gasteiger partial charge in [0.1, 0.15) is 0 Å². The third-order valence-corrected chi connectivity index (χ3v) is 12.9. The molecule has 6 heteroatoms. The van der Waals surface area contributed by atoms with Crippen molar-refractivity contribution in [2.75, 3.05) is 6.61 Å². The van der Waals surface area contributed by atoms with Crippen LogP contribution in [0.4, 0.5) is 0 Å². The highest BCUT2D eigenvalue weighted by molar-refractivity contribution is 6.89. The predicted molar refractivity (Wildman–Crippen MR) is 85.4 cm³/mol. The Hall–Kier alpha value is 0.0106. The van der Waals surface area contributed by atoms with Crippen molar-refractivity contribution in [1.82, 2.24) is 0 Å². The van der Waals surface area contributed by atoms with Gasteiger partial charge in [0.05, 0.1) is 0 Å². The van der Waals surface area contributed by atoms with Crippen molar-refractivity contribution in [2.24, 2.45) is 0 Å². The average molecular weight is 305 g/mol. The van der Waals surface area contributed by atoms with Gasteiger partial charge in [-0.15, -0.1) is 13.2 Å². The van der Waals surface area contributed by atoms with Crippen LogP contribution in [0.25, 0.3) is 0 Å². The van der Waals surface area contributed by atoms with Crippen LogP contribution in [0.5, 0.6) is 0 Å². The first-order valence-corrected chi connectivity index (χ1v) is 14.4. The molecule has 0 unspecified atom stereocenters. The normalized spacial score (nSPS) is 13.4. The molecule has 0 heterocycles. The maximum absolute atomic E-state index is 6.30. The van der Waals surface area contributed by atoms with E-state index >= 15 is 0 Å². The van der Waals surface area contributed by atoms with E-state index in [9.17, 15) is 0 Å². The fourth-order valence-corrected chi connectivity index (χ4v) is 11.3. The van der Waals surface area contributed by atoms with Crippen LogP contribution in [0, 0.1) is 0 Å². The highest BCUT2D eigenvalue weighted by atomic mass is 28.5. The van der Waals surface area contributed by atoms with Gasteiger partial charge in [0.25, 0.3) is 0 Å². The van der Waals surface area contributed by atoms with Gasteiger partial charge in [-0.3, -0.25) is 0 Å². The Morgan fingerprint density at radius 1 is 0.889 bits per heavy atom. The molecule has 0 spiro atoms. The third-order valence-electron chi connectivity index (χ3n) is 2.62. The van der Waals surface area contributed by atoms with Crippen LogP contribution in [-0.2, 0) is 12.7 Å². The molecule has 0 saturated carbocycles. The highest BCUT2D eigenvalue weighted by Crippen LogP contribution is 2.25. The number of hydrogen-bond acceptors (Lipinski definition) is 3. The summed E-state index contributed by atoms with van der Waals surface area (Å²) in [6, 6.07) is 0.787. The lowest BCUT2D eigenvalue weighted by Gasteiger charge is -2.38. The Bertz CT molecular complexity index is 268. The second-order valence-corrected chi connectivity index (χ2v) is 16.5. The van der Waals surface area contributed by atoms with Crippen LogP contribution in [0.2, 0.25) is 32.2 Å². The molecule has 0 fully saturated rings. The van der Waals surface area contributed by atoms with Crippen LogP contribution in [0.1, 0.15) is 13.8 Å². The monoisotopic (exact) mass is 304 g/mol. The van der Waals surface area contributed by atoms with Crippen LogP contribution < -0.4 is 0 Å². The summed E-state index contributed by atoms with van der Waals surface area (Å²) < 4.78 is 18.5. The molecule has 0 aliphatic carbocycles. The minimum Gasteiger partial charge on any atom is -0.412 e. The van der Waals surface area contributed by atoms with Gasteiger partial charge in [-0.05, 0) is 33.1 Å². The van der Waals surface area contributed by atoms with E-state index in [1.54, 1.807) is 0 Å². The summed E-state index contributed by atoms with van der Waals surface area (Å²) >= 11 is 0. The Morgan fingerprint density at radius 3 is 1.50 bits per heavy atom. The van der Waals surface area contributed by atoms with Gasteiger partial charge < -0.3 is 12.7 Å². The molecule has 0 atom stereocenters. The molecule has 0 bridgehead atoms. The van der Waals surface area contributed by atoms with Crippen molar-refractivity contribution in [2.45, 2.75) is 46.1 Å². The van der Waals surface area contributed by atoms with E-state index in [4.69, 9.17) is 12.7 Å². The second kappa shape index (κ2) is 6.97. The molecular formula is C12H28O3Si3. The van der Waals surface area contributed by atoms with Crippen LogP contribution in [0.15, 0.2) is 24.6 Å². The van der Waals surface area contributed by atoms with Crippen molar-refractivity contribution in [1.29, 1.82) is 0 Å². The van der Waals surface area contributed by atoms with Gasteiger partial charge in [-0.2, -0.15) is 0 Å². The van der Waals surface area contributed by atoms with Crippen molar-refractivity contribution in [3.8, 4) is 0 Å². The van der Waals surface area contributed by atoms with Gasteiger partial charge >= 0.3 is 8.80 Å². The molecule has 0 aromatic carbocycles. The van der Waals surface area contributed by atoms with E-state index in [0.29, 0.717) is 6.61 Å². The molecule has 0 saturated heterocycles. The summed E-state index contributed by atoms with van der Waals surface area (Å²) in [7, 11) is -6.44. The molecule has 18 heavy (non-hydrogen) atoms. The van der Waals surface area contributed by atoms with Crippen molar-refractivity contribution in [3.63, 3.8) is 0 Å². The summed E-state index contributed by atoms with van der Waals surface area (Å²) in [5.41, 5.74) is 3.85. The summed E-state index contributed by atoms with van der Waals surface area (Å²) in [5.74, 6) is 0. The minimum atomic E-state index is -2.60. The molecule has 0 aromatic heterocycles. The lowest BCUT2D eigenvalue weighted by Crippen LogP contribution is -2.57. The number of hydrogen-bond donors (Lipinski definition) is 0. The molecule has 0 aliphatic heterocycles. The average Bonchev–Trinajstić information content (AvgIpc) is 2.28. The first-order valence-electron chi connectivity index (χ1n) is 6.47. The fraction of sp³-hybridized carbons (Fsp3) is 0.667. The van der Waals surface area contributed by atoms with E-state index in [2.05, 4.69) is 46.3 Å². The zero-order valence-electron chi connectivity index (χ0n) is 12.7. The second-order valence-electron chi connectivity index (χ2n) is 5.29. The molecule has 0 N–H and O–H groups in total. The zero-order valence-corrected chi connectivity index (χ0v) is 15.7.